The minimum Gasteiger partial charge on any atom is -0.350 e. The summed E-state index contributed by atoms with van der Waals surface area (Å²) in [5.41, 5.74) is 1.69. The second kappa shape index (κ2) is 6.30. The molecule has 3 aromatic rings. The maximum Gasteiger partial charge on any atom is 0.246 e. The predicted molar refractivity (Wildman–Crippen MR) is 81.0 cm³/mol. The standard InChI is InChI=1S/C15H16N6O/c1-3-11-8-13(18-10-17-11)21(2)9-14-19-15(20-22-14)12-6-4-5-7-16-12/h4-8,10H,3,9H2,1-2H3. The molecule has 7 nitrogen and oxygen atoms in total. The Morgan fingerprint density at radius 1 is 1.18 bits per heavy atom. The molecular formula is C15H16N6O. The maximum atomic E-state index is 5.28. The SMILES string of the molecule is CCc1cc(N(C)Cc2nc(-c3ccccn3)no2)ncn1. The summed E-state index contributed by atoms with van der Waals surface area (Å²) in [7, 11) is 1.92. The van der Waals surface area contributed by atoms with Crippen molar-refractivity contribution in [3.05, 3.63) is 48.4 Å². The first kappa shape index (κ1) is 14.1. The third-order valence-electron chi connectivity index (χ3n) is 3.20. The summed E-state index contributed by atoms with van der Waals surface area (Å²) >= 11 is 0. The van der Waals surface area contributed by atoms with Gasteiger partial charge in [0.1, 0.15) is 17.8 Å². The van der Waals surface area contributed by atoms with Gasteiger partial charge in [-0.2, -0.15) is 4.98 Å². The number of hydrogen-bond acceptors (Lipinski definition) is 7. The fourth-order valence-corrected chi connectivity index (χ4v) is 1.99. The lowest BCUT2D eigenvalue weighted by Crippen LogP contribution is -2.18. The van der Waals surface area contributed by atoms with Crippen molar-refractivity contribution in [3.63, 3.8) is 0 Å². The monoisotopic (exact) mass is 296 g/mol. The van der Waals surface area contributed by atoms with Crippen molar-refractivity contribution >= 4 is 5.82 Å². The summed E-state index contributed by atoms with van der Waals surface area (Å²) in [6, 6.07) is 7.53. The summed E-state index contributed by atoms with van der Waals surface area (Å²) in [6.45, 7) is 2.53. The van der Waals surface area contributed by atoms with E-state index in [9.17, 15) is 0 Å². The number of aromatic nitrogens is 5. The van der Waals surface area contributed by atoms with Crippen molar-refractivity contribution in [2.24, 2.45) is 0 Å². The first-order chi connectivity index (χ1) is 10.8. The number of hydrogen-bond donors (Lipinski definition) is 0. The number of nitrogens with zero attached hydrogens (tertiary/aromatic N) is 6. The molecule has 0 N–H and O–H groups in total. The van der Waals surface area contributed by atoms with E-state index in [1.165, 1.54) is 0 Å². The molecule has 22 heavy (non-hydrogen) atoms. The van der Waals surface area contributed by atoms with Gasteiger partial charge in [0.25, 0.3) is 0 Å². The average Bonchev–Trinajstić information content (AvgIpc) is 3.04. The van der Waals surface area contributed by atoms with E-state index < -0.39 is 0 Å². The van der Waals surface area contributed by atoms with Crippen LogP contribution >= 0.6 is 0 Å². The van der Waals surface area contributed by atoms with Gasteiger partial charge in [0, 0.05) is 25.0 Å². The summed E-state index contributed by atoms with van der Waals surface area (Å²) in [5, 5.41) is 3.96. The van der Waals surface area contributed by atoms with Crippen molar-refractivity contribution < 1.29 is 4.52 Å². The van der Waals surface area contributed by atoms with E-state index in [1.54, 1.807) is 12.5 Å². The zero-order chi connectivity index (χ0) is 15.4. The van der Waals surface area contributed by atoms with Crippen LogP contribution in [0.2, 0.25) is 0 Å². The van der Waals surface area contributed by atoms with E-state index in [1.807, 2.05) is 36.2 Å². The molecule has 0 unspecified atom stereocenters. The summed E-state index contributed by atoms with van der Waals surface area (Å²) < 4.78 is 5.28. The molecule has 0 saturated carbocycles. The predicted octanol–water partition coefficient (Wildman–Crippen LogP) is 2.12. The summed E-state index contributed by atoms with van der Waals surface area (Å²) in [4.78, 5) is 19.0. The van der Waals surface area contributed by atoms with Gasteiger partial charge in [-0.15, -0.1) is 0 Å². The molecule has 3 rings (SSSR count). The molecule has 3 aromatic heterocycles. The lowest BCUT2D eigenvalue weighted by Gasteiger charge is -2.15. The second-order valence-corrected chi connectivity index (χ2v) is 4.80. The normalized spacial score (nSPS) is 10.6. The molecule has 0 aliphatic carbocycles. The van der Waals surface area contributed by atoms with E-state index >= 15 is 0 Å². The Labute approximate surface area is 128 Å². The molecule has 7 heteroatoms. The molecule has 0 bridgehead atoms. The fourth-order valence-electron chi connectivity index (χ4n) is 1.99. The van der Waals surface area contributed by atoms with Crippen LogP contribution in [-0.2, 0) is 13.0 Å². The molecular weight excluding hydrogens is 280 g/mol. The third kappa shape index (κ3) is 3.08. The largest absolute Gasteiger partial charge is 0.350 e. The topological polar surface area (TPSA) is 80.8 Å². The van der Waals surface area contributed by atoms with Crippen molar-refractivity contribution in [2.45, 2.75) is 19.9 Å². The molecule has 0 aliphatic rings. The fraction of sp³-hybridized carbons (Fsp3) is 0.267. The Morgan fingerprint density at radius 3 is 2.86 bits per heavy atom. The van der Waals surface area contributed by atoms with Crippen LogP contribution in [0, 0.1) is 0 Å². The van der Waals surface area contributed by atoms with E-state index in [4.69, 9.17) is 4.52 Å². The highest BCUT2D eigenvalue weighted by molar-refractivity contribution is 5.47. The average molecular weight is 296 g/mol. The van der Waals surface area contributed by atoms with Gasteiger partial charge in [-0.1, -0.05) is 18.1 Å². The van der Waals surface area contributed by atoms with Gasteiger partial charge in [-0.3, -0.25) is 4.98 Å². The molecule has 0 fully saturated rings. The lowest BCUT2D eigenvalue weighted by molar-refractivity contribution is 0.378. The van der Waals surface area contributed by atoms with Gasteiger partial charge in [-0.05, 0) is 18.6 Å². The van der Waals surface area contributed by atoms with Gasteiger partial charge in [0.05, 0.1) is 6.54 Å². The molecule has 3 heterocycles. The Hall–Kier alpha value is -2.83. The van der Waals surface area contributed by atoms with E-state index in [0.29, 0.717) is 24.0 Å². The molecule has 0 spiro atoms. The molecule has 0 atom stereocenters. The smallest absolute Gasteiger partial charge is 0.246 e. The Bertz CT molecular complexity index is 743. The van der Waals surface area contributed by atoms with Gasteiger partial charge in [-0.25, -0.2) is 9.97 Å². The third-order valence-corrected chi connectivity index (χ3v) is 3.20. The highest BCUT2D eigenvalue weighted by atomic mass is 16.5. The van der Waals surface area contributed by atoms with Crippen LogP contribution in [0.5, 0.6) is 0 Å². The number of aryl methyl sites for hydroxylation is 1. The van der Waals surface area contributed by atoms with Crippen molar-refractivity contribution in [2.75, 3.05) is 11.9 Å². The van der Waals surface area contributed by atoms with Gasteiger partial charge in [0.2, 0.25) is 11.7 Å². The molecule has 0 saturated heterocycles. The first-order valence-electron chi connectivity index (χ1n) is 7.02. The molecule has 0 aromatic carbocycles. The van der Waals surface area contributed by atoms with Crippen molar-refractivity contribution in [3.8, 4) is 11.5 Å². The lowest BCUT2D eigenvalue weighted by atomic mass is 10.3. The highest BCUT2D eigenvalue weighted by Crippen LogP contribution is 2.15. The van der Waals surface area contributed by atoms with Crippen LogP contribution in [-0.4, -0.2) is 32.1 Å². The minimum absolute atomic E-state index is 0.472. The van der Waals surface area contributed by atoms with Crippen LogP contribution < -0.4 is 4.90 Å². The van der Waals surface area contributed by atoms with Gasteiger partial charge >= 0.3 is 0 Å². The molecule has 112 valence electrons. The summed E-state index contributed by atoms with van der Waals surface area (Å²) in [6.07, 6.45) is 4.14. The Balaban J connectivity index is 1.74. The van der Waals surface area contributed by atoms with Gasteiger partial charge < -0.3 is 9.42 Å². The van der Waals surface area contributed by atoms with E-state index in [2.05, 4.69) is 32.0 Å². The van der Waals surface area contributed by atoms with Crippen LogP contribution in [0.25, 0.3) is 11.5 Å². The van der Waals surface area contributed by atoms with Crippen molar-refractivity contribution in [1.29, 1.82) is 0 Å². The van der Waals surface area contributed by atoms with Crippen LogP contribution in [0.1, 0.15) is 18.5 Å². The van der Waals surface area contributed by atoms with Crippen molar-refractivity contribution in [1.82, 2.24) is 25.1 Å². The Kier molecular flexibility index (Phi) is 4.04. The zero-order valence-electron chi connectivity index (χ0n) is 12.5. The zero-order valence-corrected chi connectivity index (χ0v) is 12.5. The molecule has 0 radical (unpaired) electrons. The van der Waals surface area contributed by atoms with E-state index in [-0.39, 0.29) is 0 Å². The second-order valence-electron chi connectivity index (χ2n) is 4.80. The number of anilines is 1. The van der Waals surface area contributed by atoms with Crippen LogP contribution in [0.15, 0.2) is 41.3 Å². The molecule has 0 aliphatic heterocycles. The number of pyridine rings is 1. The first-order valence-corrected chi connectivity index (χ1v) is 7.02. The summed E-state index contributed by atoms with van der Waals surface area (Å²) in [5.74, 6) is 1.82. The molecule has 0 amide bonds. The van der Waals surface area contributed by atoms with Crippen LogP contribution in [0.4, 0.5) is 5.82 Å². The quantitative estimate of drug-likeness (QED) is 0.713. The number of rotatable bonds is 5. The maximum absolute atomic E-state index is 5.28. The van der Waals surface area contributed by atoms with Crippen LogP contribution in [0.3, 0.4) is 0 Å². The van der Waals surface area contributed by atoms with E-state index in [0.717, 1.165) is 17.9 Å². The Morgan fingerprint density at radius 2 is 2.09 bits per heavy atom. The van der Waals surface area contributed by atoms with Gasteiger partial charge in [0.15, 0.2) is 0 Å². The minimum atomic E-state index is 0.472. The highest BCUT2D eigenvalue weighted by Gasteiger charge is 2.12.